The van der Waals surface area contributed by atoms with Gasteiger partial charge in [0.25, 0.3) is 0 Å². The number of rotatable bonds is 1. The Balaban J connectivity index is 0. The topological polar surface area (TPSA) is 40.5 Å². The van der Waals surface area contributed by atoms with Crippen molar-refractivity contribution in [1.82, 2.24) is 5.06 Å². The number of carbonyl (C=O) groups is 1. The van der Waals surface area contributed by atoms with Crippen LogP contribution in [0.25, 0.3) is 0 Å². The molecule has 0 aromatic carbocycles. The van der Waals surface area contributed by atoms with Crippen LogP contribution in [0, 0.1) is 5.92 Å². The maximum atomic E-state index is 10.6. The maximum Gasteiger partial charge on any atom is 0.246 e. The Morgan fingerprint density at radius 2 is 1.85 bits per heavy atom. The predicted molar refractivity (Wildman–Crippen MR) is 54.6 cm³/mol. The van der Waals surface area contributed by atoms with Crippen LogP contribution in [0.1, 0.15) is 47.5 Å². The highest BCUT2D eigenvalue weighted by Gasteiger charge is 2.26. The first-order valence-corrected chi connectivity index (χ1v) is 5.23. The molecule has 13 heavy (non-hydrogen) atoms. The van der Waals surface area contributed by atoms with Crippen molar-refractivity contribution >= 4 is 5.91 Å². The van der Waals surface area contributed by atoms with E-state index in [0.29, 0.717) is 18.9 Å². The molecule has 0 spiro atoms. The monoisotopic (exact) mass is 189 g/mol. The van der Waals surface area contributed by atoms with E-state index in [2.05, 4.69) is 0 Å². The highest BCUT2D eigenvalue weighted by atomic mass is 16.5. The minimum Gasteiger partial charge on any atom is -0.286 e. The molecule has 1 aliphatic heterocycles. The second-order valence-electron chi connectivity index (χ2n) is 2.45. The van der Waals surface area contributed by atoms with E-state index in [4.69, 9.17) is 5.21 Å². The molecular weight excluding hydrogens is 166 g/mol. The summed E-state index contributed by atoms with van der Waals surface area (Å²) in [5.74, 6) is 0.240. The summed E-state index contributed by atoms with van der Waals surface area (Å²) in [6.45, 7) is 10.5. The summed E-state index contributed by atoms with van der Waals surface area (Å²) in [5, 5.41) is 9.60. The van der Waals surface area contributed by atoms with Crippen LogP contribution in [0.5, 0.6) is 0 Å². The predicted octanol–water partition coefficient (Wildman–Crippen LogP) is 2.69. The van der Waals surface area contributed by atoms with Crippen molar-refractivity contribution < 1.29 is 10.0 Å². The van der Waals surface area contributed by atoms with E-state index in [1.54, 1.807) is 0 Å². The Hall–Kier alpha value is -0.570. The summed E-state index contributed by atoms with van der Waals surface area (Å²) >= 11 is 0. The van der Waals surface area contributed by atoms with E-state index < -0.39 is 0 Å². The third-order valence-corrected chi connectivity index (χ3v) is 1.76. The number of hydrogen-bond acceptors (Lipinski definition) is 2. The molecule has 1 fully saturated rings. The van der Waals surface area contributed by atoms with Crippen LogP contribution < -0.4 is 0 Å². The lowest BCUT2D eigenvalue weighted by Gasteiger charge is -2.04. The fraction of sp³-hybridized carbons (Fsp3) is 0.900. The molecule has 0 radical (unpaired) electrons. The van der Waals surface area contributed by atoms with Crippen molar-refractivity contribution in [2.24, 2.45) is 5.92 Å². The average Bonchev–Trinajstić information content (AvgIpc) is 2.53. The fourth-order valence-corrected chi connectivity index (χ4v) is 1.04. The highest BCUT2D eigenvalue weighted by Crippen LogP contribution is 2.17. The number of nitrogens with zero attached hydrogens (tertiary/aromatic N) is 1. The lowest BCUT2D eigenvalue weighted by atomic mass is 10.1. The van der Waals surface area contributed by atoms with Gasteiger partial charge in [-0.1, -0.05) is 41.0 Å². The van der Waals surface area contributed by atoms with Gasteiger partial charge in [0.15, 0.2) is 0 Å². The van der Waals surface area contributed by atoms with Crippen molar-refractivity contribution in [2.45, 2.75) is 47.5 Å². The molecule has 1 aliphatic rings. The standard InChI is InChI=1S/C6H11NO2.2C2H6/c1-2-5-3-6(8)7(9)4-5;2*1-2/h5,9H,2-4H2,1H3;2*1-2H3. The molecule has 1 heterocycles. The van der Waals surface area contributed by atoms with Crippen LogP contribution in [0.2, 0.25) is 0 Å². The SMILES string of the molecule is CC.CC.CCC1CC(=O)N(O)C1. The van der Waals surface area contributed by atoms with Gasteiger partial charge in [-0.25, -0.2) is 5.06 Å². The largest absolute Gasteiger partial charge is 0.286 e. The maximum absolute atomic E-state index is 10.6. The summed E-state index contributed by atoms with van der Waals surface area (Å²) in [6, 6.07) is 0. The molecule has 0 saturated carbocycles. The van der Waals surface area contributed by atoms with Crippen LogP contribution in [0.15, 0.2) is 0 Å². The molecular formula is C10H23NO2. The van der Waals surface area contributed by atoms with Gasteiger partial charge >= 0.3 is 0 Å². The molecule has 3 nitrogen and oxygen atoms in total. The minimum absolute atomic E-state index is 0.137. The van der Waals surface area contributed by atoms with Gasteiger partial charge in [-0.3, -0.25) is 10.0 Å². The summed E-state index contributed by atoms with van der Waals surface area (Å²) in [6.07, 6.45) is 1.50. The van der Waals surface area contributed by atoms with Crippen LogP contribution in [-0.4, -0.2) is 22.7 Å². The molecule has 0 bridgehead atoms. The summed E-state index contributed by atoms with van der Waals surface area (Å²) in [5.41, 5.74) is 0. The second-order valence-corrected chi connectivity index (χ2v) is 2.45. The first-order valence-electron chi connectivity index (χ1n) is 5.23. The van der Waals surface area contributed by atoms with Gasteiger partial charge in [-0.05, 0) is 5.92 Å². The van der Waals surface area contributed by atoms with E-state index in [9.17, 15) is 4.79 Å². The van der Waals surface area contributed by atoms with Crippen LogP contribution in [0.3, 0.4) is 0 Å². The Bertz CT molecular complexity index is 126. The molecule has 1 unspecified atom stereocenters. The van der Waals surface area contributed by atoms with Crippen LogP contribution in [-0.2, 0) is 4.79 Å². The third kappa shape index (κ3) is 5.64. The number of hydroxylamine groups is 2. The van der Waals surface area contributed by atoms with Gasteiger partial charge in [-0.15, -0.1) is 0 Å². The first-order chi connectivity index (χ1) is 6.24. The normalized spacial score (nSPS) is 20.0. The highest BCUT2D eigenvalue weighted by molar-refractivity contribution is 5.77. The van der Waals surface area contributed by atoms with Gasteiger partial charge in [0, 0.05) is 6.42 Å². The molecule has 1 saturated heterocycles. The van der Waals surface area contributed by atoms with Gasteiger partial charge in [0.2, 0.25) is 5.91 Å². The lowest BCUT2D eigenvalue weighted by molar-refractivity contribution is -0.157. The first kappa shape index (κ1) is 14.9. The molecule has 1 atom stereocenters. The van der Waals surface area contributed by atoms with Gasteiger partial charge < -0.3 is 0 Å². The minimum atomic E-state index is -0.137. The number of carbonyl (C=O) groups excluding carboxylic acids is 1. The van der Waals surface area contributed by atoms with Crippen molar-refractivity contribution in [3.63, 3.8) is 0 Å². The van der Waals surface area contributed by atoms with Gasteiger partial charge in [-0.2, -0.15) is 0 Å². The van der Waals surface area contributed by atoms with Crippen molar-refractivity contribution in [3.8, 4) is 0 Å². The fourth-order valence-electron chi connectivity index (χ4n) is 1.04. The molecule has 1 rings (SSSR count). The zero-order chi connectivity index (χ0) is 10.9. The van der Waals surface area contributed by atoms with E-state index >= 15 is 0 Å². The Labute approximate surface area is 81.7 Å². The Morgan fingerprint density at radius 3 is 2.00 bits per heavy atom. The molecule has 0 aromatic rings. The average molecular weight is 189 g/mol. The Morgan fingerprint density at radius 1 is 1.38 bits per heavy atom. The lowest BCUT2D eigenvalue weighted by Crippen LogP contribution is -2.19. The zero-order valence-electron chi connectivity index (χ0n) is 9.50. The van der Waals surface area contributed by atoms with Crippen molar-refractivity contribution in [1.29, 1.82) is 0 Å². The second kappa shape index (κ2) is 9.52. The van der Waals surface area contributed by atoms with E-state index in [-0.39, 0.29) is 5.91 Å². The van der Waals surface area contributed by atoms with E-state index in [0.717, 1.165) is 11.5 Å². The molecule has 0 aliphatic carbocycles. The quantitative estimate of drug-likeness (QED) is 0.644. The smallest absolute Gasteiger partial charge is 0.246 e. The molecule has 80 valence electrons. The van der Waals surface area contributed by atoms with Crippen molar-refractivity contribution in [2.75, 3.05) is 6.54 Å². The van der Waals surface area contributed by atoms with Gasteiger partial charge in [0.05, 0.1) is 6.54 Å². The summed E-state index contributed by atoms with van der Waals surface area (Å²) < 4.78 is 0. The Kier molecular flexibility index (Phi) is 10.9. The number of amides is 1. The third-order valence-electron chi connectivity index (χ3n) is 1.76. The van der Waals surface area contributed by atoms with Crippen LogP contribution in [0.4, 0.5) is 0 Å². The summed E-state index contributed by atoms with van der Waals surface area (Å²) in [4.78, 5) is 10.6. The molecule has 0 aromatic heterocycles. The molecule has 3 heteroatoms. The number of hydrogen-bond donors (Lipinski definition) is 1. The van der Waals surface area contributed by atoms with Crippen molar-refractivity contribution in [3.05, 3.63) is 0 Å². The molecule has 1 amide bonds. The summed E-state index contributed by atoms with van der Waals surface area (Å²) in [7, 11) is 0. The van der Waals surface area contributed by atoms with E-state index in [1.807, 2.05) is 34.6 Å². The van der Waals surface area contributed by atoms with Gasteiger partial charge in [0.1, 0.15) is 0 Å². The van der Waals surface area contributed by atoms with E-state index in [1.165, 1.54) is 0 Å². The molecule has 1 N–H and O–H groups in total. The zero-order valence-corrected chi connectivity index (χ0v) is 9.50. The van der Waals surface area contributed by atoms with Crippen LogP contribution >= 0.6 is 0 Å².